The Morgan fingerprint density at radius 1 is 0.506 bits per heavy atom. The maximum atomic E-state index is 13.3. The van der Waals surface area contributed by atoms with Gasteiger partial charge in [-0.15, -0.1) is 0 Å². The van der Waals surface area contributed by atoms with E-state index in [9.17, 15) is 73.0 Å². The summed E-state index contributed by atoms with van der Waals surface area (Å²) in [5, 5.41) is 98.8. The highest BCUT2D eigenvalue weighted by Crippen LogP contribution is 2.35. The zero-order valence-corrected chi connectivity index (χ0v) is 45.4. The summed E-state index contributed by atoms with van der Waals surface area (Å²) in [5.41, 5.74) is 0. The van der Waals surface area contributed by atoms with Gasteiger partial charge in [0.15, 0.2) is 18.9 Å². The Morgan fingerprint density at radius 2 is 0.896 bits per heavy atom. The molecule has 4 saturated heterocycles. The predicted molar refractivity (Wildman–Crippen MR) is 268 cm³/mol. The van der Waals surface area contributed by atoms with Gasteiger partial charge in [-0.05, 0) is 39.0 Å². The molecule has 4 amide bonds. The molecule has 3 unspecified atom stereocenters. The quantitative estimate of drug-likeness (QED) is 0.0198. The van der Waals surface area contributed by atoms with E-state index >= 15 is 0 Å². The van der Waals surface area contributed by atoms with Crippen LogP contribution in [0.1, 0.15) is 125 Å². The molecule has 0 aliphatic carbocycles. The number of hydrogen-bond acceptors (Lipinski definition) is 22. The van der Waals surface area contributed by atoms with Crippen LogP contribution >= 0.6 is 0 Å². The normalized spacial score (nSPS) is 35.8. The third kappa shape index (κ3) is 20.4. The lowest BCUT2D eigenvalue weighted by Gasteiger charge is -2.51. The minimum Gasteiger partial charge on any atom is -0.394 e. The molecule has 0 aromatic heterocycles. The summed E-state index contributed by atoms with van der Waals surface area (Å²) >= 11 is 0. The summed E-state index contributed by atoms with van der Waals surface area (Å²) in [7, 11) is -5.07. The van der Waals surface area contributed by atoms with Gasteiger partial charge in [0.05, 0.1) is 38.6 Å². The van der Waals surface area contributed by atoms with Crippen LogP contribution < -0.4 is 21.3 Å². The fraction of sp³-hybridized carbons (Fsp3) is 0.878. The first-order valence-electron chi connectivity index (χ1n) is 26.7. The first kappa shape index (κ1) is 66.4. The van der Waals surface area contributed by atoms with Crippen molar-refractivity contribution < 1.29 is 110 Å². The molecule has 4 heterocycles. The molecule has 0 aromatic rings. The second-order valence-electron chi connectivity index (χ2n) is 20.1. The molecule has 4 fully saturated rings. The highest BCUT2D eigenvalue weighted by molar-refractivity contribution is 7.80. The number of nitrogens with one attached hydrogen (secondary N) is 4. The highest BCUT2D eigenvalue weighted by atomic mass is 32.3. The van der Waals surface area contributed by atoms with Gasteiger partial charge >= 0.3 is 10.4 Å². The van der Waals surface area contributed by atoms with E-state index in [4.69, 9.17) is 33.2 Å². The molecule has 4 rings (SSSR count). The Labute approximate surface area is 449 Å². The lowest BCUT2D eigenvalue weighted by molar-refractivity contribution is -0.359. The maximum absolute atomic E-state index is 13.3. The predicted octanol–water partition coefficient (Wildman–Crippen LogP) is -2.26. The van der Waals surface area contributed by atoms with Gasteiger partial charge < -0.3 is 95.3 Å². The summed E-state index contributed by atoms with van der Waals surface area (Å²) in [6, 6.07) is -6.04. The fourth-order valence-corrected chi connectivity index (χ4v) is 10.2. The lowest BCUT2D eigenvalue weighted by Crippen LogP contribution is -2.71. The number of amides is 4. The van der Waals surface area contributed by atoms with Crippen molar-refractivity contribution in [1.82, 2.24) is 21.3 Å². The van der Waals surface area contributed by atoms with Gasteiger partial charge in [-0.2, -0.15) is 8.42 Å². The molecule has 13 N–H and O–H groups in total. The van der Waals surface area contributed by atoms with Crippen LogP contribution in [0.4, 0.5) is 0 Å². The van der Waals surface area contributed by atoms with Crippen molar-refractivity contribution in [3.05, 3.63) is 12.2 Å². The number of unbranched alkanes of at least 4 members (excludes halogenated alkanes) is 11. The van der Waals surface area contributed by atoms with Gasteiger partial charge in [-0.1, -0.05) is 70.4 Å². The molecule has 4 aliphatic rings. The van der Waals surface area contributed by atoms with Crippen molar-refractivity contribution in [2.75, 3.05) is 26.4 Å². The topological polar surface area (TPSA) is 406 Å². The van der Waals surface area contributed by atoms with Crippen molar-refractivity contribution >= 4 is 34.0 Å². The number of rotatable bonds is 31. The summed E-state index contributed by atoms with van der Waals surface area (Å²) in [6.07, 6.45) is -8.67. The van der Waals surface area contributed by atoms with Gasteiger partial charge in [-0.3, -0.25) is 23.7 Å². The van der Waals surface area contributed by atoms with Crippen molar-refractivity contribution in [2.45, 2.75) is 247 Å². The average Bonchev–Trinajstić information content (AvgIpc) is 3.37. The van der Waals surface area contributed by atoms with E-state index in [0.717, 1.165) is 59.3 Å². The van der Waals surface area contributed by atoms with E-state index in [1.165, 1.54) is 45.4 Å². The standard InChI is InChI=1S/C49H86N4O23S/c1-6-7-8-9-10-11-12-13-14-15-16-17-18-19-20-21-34(60)53-36-40(62)39(61)30(22-54)71-47(36)74-44-31(23-55)72-48(37(42(44)64)51-28(4)58)75-45-32(24-56)73-49(38(43(45)65)52-29(5)59)76-46-33(25-69-77(66,67)68)70-26(2)35(41(46)63)50-27(3)57/h13-14,26,30-33,35-49,54-56,61-65H,6-12,15-25H2,1-5H3,(H,50,57)(H,51,58)(H,52,59)(H,53,60)(H,66,67,68)/b14-13-/t26?,30-,31-,32-,33-,35+,36-,37-,38-,39-,40-,41?,42?,43-,44-,45-,46-,47+,48+,49+/m1/s1. The molecule has 28 heteroatoms. The Kier molecular flexibility index (Phi) is 28.4. The Morgan fingerprint density at radius 3 is 1.34 bits per heavy atom. The number of aliphatic hydroxyl groups excluding tert-OH is 8. The molecule has 27 nitrogen and oxygen atoms in total. The average molecular weight is 1130 g/mol. The molecule has 4 aliphatic heterocycles. The first-order valence-corrected chi connectivity index (χ1v) is 28.1. The zero-order chi connectivity index (χ0) is 57.0. The van der Waals surface area contributed by atoms with Crippen LogP contribution in [0.5, 0.6) is 0 Å². The van der Waals surface area contributed by atoms with E-state index in [-0.39, 0.29) is 6.42 Å². The molecule has 20 atom stereocenters. The van der Waals surface area contributed by atoms with Crippen molar-refractivity contribution in [3.63, 3.8) is 0 Å². The molecule has 0 spiro atoms. The number of carbonyl (C=O) groups is 4. The molecular formula is C49H86N4O23S. The first-order chi connectivity index (χ1) is 36.5. The van der Waals surface area contributed by atoms with Crippen LogP contribution in [0, 0.1) is 0 Å². The second-order valence-corrected chi connectivity index (χ2v) is 21.2. The maximum Gasteiger partial charge on any atom is 0.397 e. The molecule has 0 saturated carbocycles. The third-order valence-corrected chi connectivity index (χ3v) is 14.3. The molecule has 0 bridgehead atoms. The van der Waals surface area contributed by atoms with Gasteiger partial charge in [0.25, 0.3) is 0 Å². The largest absolute Gasteiger partial charge is 0.397 e. The minimum atomic E-state index is -5.07. The zero-order valence-electron chi connectivity index (χ0n) is 44.6. The highest BCUT2D eigenvalue weighted by Gasteiger charge is 2.56. The molecule has 77 heavy (non-hydrogen) atoms. The minimum absolute atomic E-state index is 0.0364. The van der Waals surface area contributed by atoms with Crippen LogP contribution in [-0.2, 0) is 66.9 Å². The van der Waals surface area contributed by atoms with Crippen molar-refractivity contribution in [2.24, 2.45) is 0 Å². The number of aliphatic hydroxyl groups is 8. The Hall–Kier alpha value is -3.11. The summed E-state index contributed by atoms with van der Waals surface area (Å²) in [4.78, 5) is 50.7. The van der Waals surface area contributed by atoms with E-state index in [1.807, 2.05) is 0 Å². The van der Waals surface area contributed by atoms with Crippen LogP contribution in [0.15, 0.2) is 12.2 Å². The van der Waals surface area contributed by atoms with Crippen LogP contribution in [0.25, 0.3) is 0 Å². The summed E-state index contributed by atoms with van der Waals surface area (Å²) in [5.74, 6) is -2.68. The van der Waals surface area contributed by atoms with Gasteiger partial charge in [0.1, 0.15) is 91.4 Å². The van der Waals surface area contributed by atoms with Gasteiger partial charge in [-0.25, -0.2) is 4.18 Å². The van der Waals surface area contributed by atoms with Crippen LogP contribution in [0.2, 0.25) is 0 Å². The summed E-state index contributed by atoms with van der Waals surface area (Å²) < 4.78 is 78.9. The number of ether oxygens (including phenoxy) is 7. The van der Waals surface area contributed by atoms with Gasteiger partial charge in [0, 0.05) is 27.2 Å². The number of allylic oxidation sites excluding steroid dienone is 2. The van der Waals surface area contributed by atoms with Crippen LogP contribution in [0.3, 0.4) is 0 Å². The third-order valence-electron chi connectivity index (χ3n) is 13.9. The lowest BCUT2D eigenvalue weighted by atomic mass is 9.92. The van der Waals surface area contributed by atoms with Crippen LogP contribution in [-0.4, -0.2) is 226 Å². The van der Waals surface area contributed by atoms with Crippen molar-refractivity contribution in [1.29, 1.82) is 0 Å². The number of hydrogen-bond donors (Lipinski definition) is 13. The number of carbonyl (C=O) groups excluding carboxylic acids is 4. The monoisotopic (exact) mass is 1130 g/mol. The Bertz CT molecular complexity index is 1940. The molecule has 446 valence electrons. The van der Waals surface area contributed by atoms with E-state index < -0.39 is 183 Å². The Balaban J connectivity index is 1.47. The smallest absolute Gasteiger partial charge is 0.394 e. The second kappa shape index (κ2) is 33.0. The van der Waals surface area contributed by atoms with E-state index in [0.29, 0.717) is 6.42 Å². The molecule has 0 radical (unpaired) electrons. The van der Waals surface area contributed by atoms with E-state index in [2.05, 4.69) is 44.5 Å². The van der Waals surface area contributed by atoms with E-state index in [1.54, 1.807) is 0 Å². The fourth-order valence-electron chi connectivity index (χ4n) is 9.94. The molecule has 0 aromatic carbocycles. The summed E-state index contributed by atoms with van der Waals surface area (Å²) in [6.45, 7) is 3.25. The van der Waals surface area contributed by atoms with Crippen molar-refractivity contribution in [3.8, 4) is 0 Å². The SMILES string of the molecule is CCCCCCCC/C=C\CCCCCCCC(=O)N[C@H]1[C@H](O[C@H]2C(O)[C@@H](NC(C)=O)[C@H](O[C@H]3[C@H](O)[C@@H](NC(C)=O)[C@H](O[C@H]4C(O)[C@@H](NC(C)=O)C(C)O[C@@H]4COS(=O)(=O)O)O[C@@H]3CO)O[C@@H]2CO)O[C@H](CO)[C@@H](O)[C@@H]1O. The van der Waals surface area contributed by atoms with Gasteiger partial charge in [0.2, 0.25) is 23.6 Å². The molecular weight excluding hydrogens is 1040 g/mol.